The molecule has 5 amide bonds. The van der Waals surface area contributed by atoms with Crippen molar-refractivity contribution >= 4 is 68.9 Å². The van der Waals surface area contributed by atoms with Gasteiger partial charge in [0.1, 0.15) is 0 Å². The SMILES string of the molecule is CCOc1cccc([C@H]2C3=CC[C@@H]4C(=O)N(C(=O)OC)C(=O)[C@@H]4[C@@H]3C[C@@]3(Cl)C(=O)N(CBr)C(=O)[C@@]23Cl)c1O. The zero-order valence-corrected chi connectivity index (χ0v) is 23.4. The van der Waals surface area contributed by atoms with Crippen LogP contribution in [-0.2, 0) is 23.9 Å². The Morgan fingerprint density at radius 2 is 1.87 bits per heavy atom. The Bertz CT molecular complexity index is 1320. The molecule has 0 spiro atoms. The molecule has 2 heterocycles. The summed E-state index contributed by atoms with van der Waals surface area (Å²) < 4.78 is 10.2. The highest BCUT2D eigenvalue weighted by Gasteiger charge is 2.76. The number of hydrogen-bond donors (Lipinski definition) is 1. The first-order valence-corrected chi connectivity index (χ1v) is 13.8. The second kappa shape index (κ2) is 9.24. The van der Waals surface area contributed by atoms with Crippen LogP contribution in [-0.4, -0.2) is 73.5 Å². The Labute approximate surface area is 235 Å². The maximum atomic E-state index is 13.7. The third kappa shape index (κ3) is 3.27. The van der Waals surface area contributed by atoms with E-state index in [4.69, 9.17) is 27.9 Å². The number of halogens is 3. The number of methoxy groups -OCH3 is 1. The van der Waals surface area contributed by atoms with Crippen LogP contribution in [0.15, 0.2) is 29.8 Å². The maximum absolute atomic E-state index is 13.7. The van der Waals surface area contributed by atoms with E-state index < -0.39 is 63.1 Å². The van der Waals surface area contributed by atoms with E-state index in [0.717, 1.165) is 12.0 Å². The van der Waals surface area contributed by atoms with Crippen LogP contribution >= 0.6 is 39.1 Å². The minimum absolute atomic E-state index is 0.0729. The molecule has 1 aromatic rings. The number of carbonyl (C=O) groups is 5. The molecule has 4 aliphatic rings. The molecular weight excluding hydrogens is 607 g/mol. The molecule has 2 aliphatic carbocycles. The summed E-state index contributed by atoms with van der Waals surface area (Å²) in [4.78, 5) is 63.4. The van der Waals surface area contributed by atoms with Crippen LogP contribution in [0.1, 0.15) is 31.2 Å². The molecule has 2 aliphatic heterocycles. The molecule has 13 heteroatoms. The summed E-state index contributed by atoms with van der Waals surface area (Å²) in [5, 5.41) is 11.2. The number of phenolic OH excluding ortho intramolecular Hbond substituents is 1. The van der Waals surface area contributed by atoms with Gasteiger partial charge in [-0.15, -0.1) is 23.2 Å². The lowest BCUT2D eigenvalue weighted by molar-refractivity contribution is -0.140. The fourth-order valence-corrected chi connectivity index (χ4v) is 7.83. The third-order valence-electron chi connectivity index (χ3n) is 8.01. The molecule has 0 radical (unpaired) electrons. The number of para-hydroxylation sites is 1. The summed E-state index contributed by atoms with van der Waals surface area (Å²) in [6, 6.07) is 4.71. The van der Waals surface area contributed by atoms with Crippen molar-refractivity contribution in [2.75, 3.05) is 19.2 Å². The predicted molar refractivity (Wildman–Crippen MR) is 137 cm³/mol. The number of aromatic hydroxyl groups is 1. The molecule has 2 saturated heterocycles. The largest absolute Gasteiger partial charge is 0.504 e. The molecule has 1 aromatic carbocycles. The molecule has 10 nitrogen and oxygen atoms in total. The summed E-state index contributed by atoms with van der Waals surface area (Å²) >= 11 is 17.4. The number of fused-ring (bicyclic) bond motifs is 4. The fourth-order valence-electron chi connectivity index (χ4n) is 6.41. The average Bonchev–Trinajstić information content (AvgIpc) is 3.23. The zero-order valence-electron chi connectivity index (χ0n) is 20.3. The molecule has 1 saturated carbocycles. The molecule has 0 bridgehead atoms. The number of carbonyl (C=O) groups excluding carboxylic acids is 5. The van der Waals surface area contributed by atoms with Crippen LogP contribution < -0.4 is 4.74 Å². The number of imide groups is 4. The molecule has 1 N–H and O–H groups in total. The highest BCUT2D eigenvalue weighted by molar-refractivity contribution is 9.09. The number of likely N-dealkylation sites (tertiary alicyclic amines) is 2. The normalized spacial score (nSPS) is 34.1. The summed E-state index contributed by atoms with van der Waals surface area (Å²) in [5.41, 5.74) is 0.491. The smallest absolute Gasteiger partial charge is 0.423 e. The fraction of sp³-hybridized carbons (Fsp3) is 0.480. The predicted octanol–water partition coefficient (Wildman–Crippen LogP) is 3.27. The second-order valence-corrected chi connectivity index (χ2v) is 11.3. The topological polar surface area (TPSA) is 131 Å². The van der Waals surface area contributed by atoms with Crippen molar-refractivity contribution in [2.45, 2.75) is 35.4 Å². The number of benzene rings is 1. The van der Waals surface area contributed by atoms with Crippen LogP contribution in [0.5, 0.6) is 11.5 Å². The molecule has 3 fully saturated rings. The van der Waals surface area contributed by atoms with Crippen molar-refractivity contribution < 1.29 is 38.6 Å². The van der Waals surface area contributed by atoms with Crippen molar-refractivity contribution in [3.05, 3.63) is 35.4 Å². The van der Waals surface area contributed by atoms with Crippen LogP contribution in [0, 0.1) is 17.8 Å². The van der Waals surface area contributed by atoms with Gasteiger partial charge in [-0.2, -0.15) is 4.90 Å². The quantitative estimate of drug-likeness (QED) is 0.232. The van der Waals surface area contributed by atoms with Gasteiger partial charge in [0, 0.05) is 11.5 Å². The number of allylic oxidation sites excluding steroid dienone is 2. The van der Waals surface area contributed by atoms with Gasteiger partial charge in [0.15, 0.2) is 21.2 Å². The molecular formula is C25H23BrCl2N2O8. The average molecular weight is 630 g/mol. The molecule has 5 rings (SSSR count). The van der Waals surface area contributed by atoms with Gasteiger partial charge in [0.05, 0.1) is 31.0 Å². The Morgan fingerprint density at radius 1 is 1.16 bits per heavy atom. The molecule has 202 valence electrons. The second-order valence-electron chi connectivity index (χ2n) is 9.60. The van der Waals surface area contributed by atoms with E-state index >= 15 is 0 Å². The van der Waals surface area contributed by atoms with Crippen LogP contribution in [0.3, 0.4) is 0 Å². The Kier molecular flexibility index (Phi) is 6.55. The van der Waals surface area contributed by atoms with Crippen LogP contribution in [0.2, 0.25) is 0 Å². The van der Waals surface area contributed by atoms with Crippen molar-refractivity contribution in [1.82, 2.24) is 9.80 Å². The maximum Gasteiger partial charge on any atom is 0.423 e. The van der Waals surface area contributed by atoms with E-state index in [2.05, 4.69) is 20.7 Å². The first kappa shape index (κ1) is 27.0. The summed E-state index contributed by atoms with van der Waals surface area (Å²) in [5.74, 6) is -7.07. The summed E-state index contributed by atoms with van der Waals surface area (Å²) in [6.45, 7) is 1.99. The first-order valence-electron chi connectivity index (χ1n) is 11.9. The monoisotopic (exact) mass is 628 g/mol. The van der Waals surface area contributed by atoms with Gasteiger partial charge >= 0.3 is 6.09 Å². The zero-order chi connectivity index (χ0) is 27.7. The van der Waals surface area contributed by atoms with E-state index in [-0.39, 0.29) is 42.0 Å². The van der Waals surface area contributed by atoms with Gasteiger partial charge in [-0.25, -0.2) is 4.79 Å². The lowest BCUT2D eigenvalue weighted by Crippen LogP contribution is -2.60. The summed E-state index contributed by atoms with van der Waals surface area (Å²) in [7, 11) is 1.06. The van der Waals surface area contributed by atoms with Crippen molar-refractivity contribution in [2.24, 2.45) is 17.8 Å². The number of nitrogens with zero attached hydrogens (tertiary/aromatic N) is 2. The van der Waals surface area contributed by atoms with E-state index in [1.54, 1.807) is 31.2 Å². The van der Waals surface area contributed by atoms with Gasteiger partial charge in [0.2, 0.25) is 11.8 Å². The highest BCUT2D eigenvalue weighted by Crippen LogP contribution is 2.66. The molecule has 6 atom stereocenters. The standard InChI is InChI=1S/C25H23BrCl2N2O8/c1-3-38-15-6-4-5-13(18(15)31)17-11-7-8-12-16(20(33)30(19(12)32)23(36)37-2)14(11)9-24(27)21(34)29(10-26)22(35)25(17,24)28/h4-7,12,14,16-17,31H,3,8-10H2,1-2H3/t12-,14+,16-,17+,24+,25-/m0/s1. The number of hydrogen-bond acceptors (Lipinski definition) is 8. The number of rotatable bonds is 4. The van der Waals surface area contributed by atoms with Crippen LogP contribution in [0.25, 0.3) is 0 Å². The molecule has 0 aromatic heterocycles. The lowest BCUT2D eigenvalue weighted by atomic mass is 9.56. The van der Waals surface area contributed by atoms with Gasteiger partial charge in [0.25, 0.3) is 11.8 Å². The minimum Gasteiger partial charge on any atom is -0.504 e. The van der Waals surface area contributed by atoms with Crippen LogP contribution in [0.4, 0.5) is 4.79 Å². The van der Waals surface area contributed by atoms with E-state index in [9.17, 15) is 29.1 Å². The van der Waals surface area contributed by atoms with Crippen molar-refractivity contribution in [3.8, 4) is 11.5 Å². The van der Waals surface area contributed by atoms with Gasteiger partial charge in [-0.1, -0.05) is 39.7 Å². The minimum atomic E-state index is -2.06. The van der Waals surface area contributed by atoms with Crippen molar-refractivity contribution in [3.63, 3.8) is 0 Å². The number of alkyl halides is 3. The van der Waals surface area contributed by atoms with E-state index in [0.29, 0.717) is 10.5 Å². The highest BCUT2D eigenvalue weighted by atomic mass is 79.9. The number of phenols is 1. The third-order valence-corrected chi connectivity index (χ3v) is 9.93. The first-order chi connectivity index (χ1) is 18.0. The van der Waals surface area contributed by atoms with Gasteiger partial charge < -0.3 is 14.6 Å². The van der Waals surface area contributed by atoms with Gasteiger partial charge in [-0.05, 0) is 31.7 Å². The lowest BCUT2D eigenvalue weighted by Gasteiger charge is -2.50. The number of ether oxygens (including phenoxy) is 2. The van der Waals surface area contributed by atoms with Crippen molar-refractivity contribution in [1.29, 1.82) is 0 Å². The Balaban J connectivity index is 1.74. The summed E-state index contributed by atoms with van der Waals surface area (Å²) in [6.07, 6.45) is 0.430. The molecule has 38 heavy (non-hydrogen) atoms. The Morgan fingerprint density at radius 3 is 2.50 bits per heavy atom. The van der Waals surface area contributed by atoms with Gasteiger partial charge in [-0.3, -0.25) is 24.1 Å². The van der Waals surface area contributed by atoms with E-state index in [1.807, 2.05) is 0 Å². The number of amides is 5. The Hall–Kier alpha value is -2.63. The molecule has 0 unspecified atom stereocenters. The van der Waals surface area contributed by atoms with E-state index in [1.165, 1.54) is 0 Å².